The van der Waals surface area contributed by atoms with Crippen LogP contribution in [0.4, 0.5) is 4.39 Å². The fourth-order valence-electron chi connectivity index (χ4n) is 3.06. The van der Waals surface area contributed by atoms with Gasteiger partial charge in [-0.2, -0.15) is 4.31 Å². The number of benzene rings is 1. The molecule has 5 nitrogen and oxygen atoms in total. The lowest BCUT2D eigenvalue weighted by atomic mass is 10.0. The second kappa shape index (κ2) is 5.74. The maximum Gasteiger partial charge on any atom is 0.247 e. The van der Waals surface area contributed by atoms with E-state index in [2.05, 4.69) is 0 Å². The highest BCUT2D eigenvalue weighted by molar-refractivity contribution is 7.89. The lowest BCUT2D eigenvalue weighted by molar-refractivity contribution is 0.188. The van der Waals surface area contributed by atoms with Crippen molar-refractivity contribution in [2.24, 2.45) is 0 Å². The third-order valence-corrected chi connectivity index (χ3v) is 6.03. The summed E-state index contributed by atoms with van der Waals surface area (Å²) < 4.78 is 45.9. The summed E-state index contributed by atoms with van der Waals surface area (Å²) in [6.45, 7) is 3.24. The van der Waals surface area contributed by atoms with Gasteiger partial charge in [-0.05, 0) is 44.0 Å². The molecule has 0 spiro atoms. The summed E-state index contributed by atoms with van der Waals surface area (Å²) >= 11 is 0. The number of hydrogen-bond acceptors (Lipinski definition) is 4. The van der Waals surface area contributed by atoms with Crippen LogP contribution in [0.2, 0.25) is 0 Å². The fraction of sp³-hybridized carbons (Fsp3) is 0.375. The van der Waals surface area contributed by atoms with Crippen LogP contribution in [-0.4, -0.2) is 30.5 Å². The van der Waals surface area contributed by atoms with Gasteiger partial charge in [0.05, 0.1) is 12.1 Å². The fourth-order valence-corrected chi connectivity index (χ4v) is 4.94. The molecule has 2 atom stereocenters. The highest BCUT2D eigenvalue weighted by Gasteiger charge is 2.41. The van der Waals surface area contributed by atoms with Crippen molar-refractivity contribution >= 4 is 10.0 Å². The first-order valence-corrected chi connectivity index (χ1v) is 8.75. The molecule has 2 heterocycles. The van der Waals surface area contributed by atoms with E-state index in [4.69, 9.17) is 4.42 Å². The second-order valence-electron chi connectivity index (χ2n) is 5.81. The summed E-state index contributed by atoms with van der Waals surface area (Å²) in [6, 6.07) is 6.68. The molecular weight excluding hydrogens is 321 g/mol. The van der Waals surface area contributed by atoms with Gasteiger partial charge in [0.1, 0.15) is 22.2 Å². The van der Waals surface area contributed by atoms with E-state index in [1.54, 1.807) is 19.9 Å². The third kappa shape index (κ3) is 2.91. The van der Waals surface area contributed by atoms with Crippen LogP contribution in [0.15, 0.2) is 39.6 Å². The molecule has 0 bridgehead atoms. The van der Waals surface area contributed by atoms with Crippen LogP contribution >= 0.6 is 0 Å². The molecule has 0 aliphatic carbocycles. The maximum absolute atomic E-state index is 13.5. The van der Waals surface area contributed by atoms with Crippen molar-refractivity contribution in [1.29, 1.82) is 0 Å². The molecule has 1 aromatic carbocycles. The Morgan fingerprint density at radius 2 is 2.04 bits per heavy atom. The standard InChI is InChI=1S/C16H18FNO4S/c1-10-6-16(11(2)22-10)23(20,21)18-9-14(19)8-15(18)12-4-3-5-13(17)7-12/h3-7,14-15,19H,8-9H2,1-2H3/t14-,15-/m0/s1. The van der Waals surface area contributed by atoms with Crippen LogP contribution < -0.4 is 0 Å². The van der Waals surface area contributed by atoms with Crippen molar-refractivity contribution in [3.63, 3.8) is 0 Å². The molecule has 1 aliphatic heterocycles. The van der Waals surface area contributed by atoms with E-state index in [1.165, 1.54) is 28.6 Å². The zero-order valence-electron chi connectivity index (χ0n) is 12.9. The van der Waals surface area contributed by atoms with E-state index in [-0.39, 0.29) is 17.9 Å². The van der Waals surface area contributed by atoms with Crippen LogP contribution in [0, 0.1) is 19.7 Å². The normalized spacial score (nSPS) is 22.6. The summed E-state index contributed by atoms with van der Waals surface area (Å²) in [7, 11) is -3.83. The second-order valence-corrected chi connectivity index (χ2v) is 7.67. The predicted molar refractivity (Wildman–Crippen MR) is 81.8 cm³/mol. The van der Waals surface area contributed by atoms with Crippen molar-refractivity contribution in [2.75, 3.05) is 6.54 Å². The maximum atomic E-state index is 13.5. The molecule has 1 saturated heterocycles. The number of rotatable bonds is 3. The molecule has 1 aromatic heterocycles. The Kier molecular flexibility index (Phi) is 4.03. The highest BCUT2D eigenvalue weighted by Crippen LogP contribution is 2.38. The molecule has 0 unspecified atom stereocenters. The lowest BCUT2D eigenvalue weighted by Crippen LogP contribution is -2.32. The van der Waals surface area contributed by atoms with Gasteiger partial charge in [-0.15, -0.1) is 0 Å². The number of furan rings is 1. The number of aliphatic hydroxyl groups excluding tert-OH is 1. The number of hydrogen-bond donors (Lipinski definition) is 1. The first-order valence-electron chi connectivity index (χ1n) is 7.31. The number of sulfonamides is 1. The van der Waals surface area contributed by atoms with Crippen molar-refractivity contribution in [1.82, 2.24) is 4.31 Å². The van der Waals surface area contributed by atoms with E-state index >= 15 is 0 Å². The van der Waals surface area contributed by atoms with Gasteiger partial charge in [-0.3, -0.25) is 0 Å². The van der Waals surface area contributed by atoms with Crippen LogP contribution in [0.5, 0.6) is 0 Å². The van der Waals surface area contributed by atoms with E-state index in [9.17, 15) is 17.9 Å². The minimum absolute atomic E-state index is 0.0207. The quantitative estimate of drug-likeness (QED) is 0.933. The Morgan fingerprint density at radius 1 is 1.30 bits per heavy atom. The smallest absolute Gasteiger partial charge is 0.247 e. The van der Waals surface area contributed by atoms with Gasteiger partial charge >= 0.3 is 0 Å². The lowest BCUT2D eigenvalue weighted by Gasteiger charge is -2.23. The van der Waals surface area contributed by atoms with E-state index in [1.807, 2.05) is 0 Å². The summed E-state index contributed by atoms with van der Waals surface area (Å²) in [5.41, 5.74) is 0.531. The average molecular weight is 339 g/mol. The summed E-state index contributed by atoms with van der Waals surface area (Å²) in [5.74, 6) is 0.376. The van der Waals surface area contributed by atoms with Gasteiger partial charge < -0.3 is 9.52 Å². The topological polar surface area (TPSA) is 70.8 Å². The van der Waals surface area contributed by atoms with Crippen LogP contribution in [0.25, 0.3) is 0 Å². The molecule has 1 N–H and O–H groups in total. The molecule has 1 aliphatic rings. The number of halogens is 1. The molecule has 3 rings (SSSR count). The zero-order chi connectivity index (χ0) is 16.8. The van der Waals surface area contributed by atoms with E-state index < -0.39 is 28.0 Å². The van der Waals surface area contributed by atoms with Crippen LogP contribution in [0.3, 0.4) is 0 Å². The van der Waals surface area contributed by atoms with Crippen molar-refractivity contribution in [3.05, 3.63) is 53.2 Å². The minimum Gasteiger partial charge on any atom is -0.465 e. The Labute approximate surface area is 134 Å². The van der Waals surface area contributed by atoms with Crippen molar-refractivity contribution in [3.8, 4) is 0 Å². The number of aliphatic hydroxyl groups is 1. The Hall–Kier alpha value is -1.70. The van der Waals surface area contributed by atoms with E-state index in [0.29, 0.717) is 17.1 Å². The molecule has 0 saturated carbocycles. The van der Waals surface area contributed by atoms with Gasteiger partial charge in [0.15, 0.2) is 0 Å². The molecule has 0 amide bonds. The third-order valence-electron chi connectivity index (χ3n) is 4.05. The Bertz CT molecular complexity index is 830. The predicted octanol–water partition coefficient (Wildman–Crippen LogP) is 2.53. The first-order chi connectivity index (χ1) is 10.8. The monoisotopic (exact) mass is 339 g/mol. The minimum atomic E-state index is -3.83. The highest BCUT2D eigenvalue weighted by atomic mass is 32.2. The van der Waals surface area contributed by atoms with Crippen LogP contribution in [0.1, 0.15) is 29.5 Å². The summed E-state index contributed by atoms with van der Waals surface area (Å²) in [4.78, 5) is 0.0884. The number of nitrogens with zero attached hydrogens (tertiary/aromatic N) is 1. The molecular formula is C16H18FNO4S. The molecule has 2 aromatic rings. The van der Waals surface area contributed by atoms with Crippen LogP contribution in [-0.2, 0) is 10.0 Å². The Balaban J connectivity index is 2.04. The van der Waals surface area contributed by atoms with Gasteiger partial charge in [0.25, 0.3) is 0 Å². The molecule has 1 fully saturated rings. The molecule has 124 valence electrons. The number of aryl methyl sites for hydroxylation is 2. The van der Waals surface area contributed by atoms with Crippen molar-refractivity contribution < 1.29 is 22.3 Å². The van der Waals surface area contributed by atoms with Gasteiger partial charge in [-0.1, -0.05) is 12.1 Å². The largest absolute Gasteiger partial charge is 0.465 e. The van der Waals surface area contributed by atoms with Crippen molar-refractivity contribution in [2.45, 2.75) is 37.3 Å². The molecule has 0 radical (unpaired) electrons. The SMILES string of the molecule is Cc1cc(S(=O)(=O)N2C[C@@H](O)C[C@H]2c2cccc(F)c2)c(C)o1. The molecule has 7 heteroatoms. The van der Waals surface area contributed by atoms with Gasteiger partial charge in [0.2, 0.25) is 10.0 Å². The summed E-state index contributed by atoms with van der Waals surface area (Å²) in [5, 5.41) is 9.96. The first kappa shape index (κ1) is 16.2. The summed E-state index contributed by atoms with van der Waals surface area (Å²) in [6.07, 6.45) is -0.551. The molecule has 23 heavy (non-hydrogen) atoms. The zero-order valence-corrected chi connectivity index (χ0v) is 13.7. The average Bonchev–Trinajstić information content (AvgIpc) is 3.02. The van der Waals surface area contributed by atoms with Gasteiger partial charge in [-0.25, -0.2) is 12.8 Å². The van der Waals surface area contributed by atoms with Gasteiger partial charge in [0, 0.05) is 6.54 Å². The van der Waals surface area contributed by atoms with E-state index in [0.717, 1.165) is 0 Å². The Morgan fingerprint density at radius 3 is 2.65 bits per heavy atom. The number of β-amino-alcohol motifs (C(OH)–C–C–N with tert-alkyl or cyclic N) is 1.